The molecule has 2 rings (SSSR count). The summed E-state index contributed by atoms with van der Waals surface area (Å²) in [5.74, 6) is -0.0562. The number of hydrogen-bond donors (Lipinski definition) is 1. The lowest BCUT2D eigenvalue weighted by atomic mass is 10.1. The fourth-order valence-corrected chi connectivity index (χ4v) is 1.49. The van der Waals surface area contributed by atoms with Gasteiger partial charge in [0.2, 0.25) is 0 Å². The summed E-state index contributed by atoms with van der Waals surface area (Å²) in [4.78, 5) is 15.9. The zero-order valence-electron chi connectivity index (χ0n) is 10.1. The summed E-state index contributed by atoms with van der Waals surface area (Å²) in [6, 6.07) is 10.9. The van der Waals surface area contributed by atoms with Crippen LogP contribution in [0, 0.1) is 6.92 Å². The highest BCUT2D eigenvalue weighted by atomic mass is 16.1. The Hall–Kier alpha value is -2.42. The van der Waals surface area contributed by atoms with Crippen LogP contribution in [0.25, 0.3) is 6.08 Å². The van der Waals surface area contributed by atoms with Crippen LogP contribution in [0.4, 0.5) is 5.69 Å². The van der Waals surface area contributed by atoms with E-state index in [9.17, 15) is 4.79 Å². The van der Waals surface area contributed by atoms with Crippen LogP contribution in [0.15, 0.2) is 48.7 Å². The van der Waals surface area contributed by atoms with Crippen LogP contribution in [0.1, 0.15) is 21.6 Å². The van der Waals surface area contributed by atoms with Crippen molar-refractivity contribution in [1.29, 1.82) is 0 Å². The molecule has 90 valence electrons. The first-order chi connectivity index (χ1) is 8.65. The third-order valence-corrected chi connectivity index (χ3v) is 2.56. The maximum absolute atomic E-state index is 11.8. The molecule has 0 fully saturated rings. The number of allylic oxidation sites excluding steroid dienone is 1. The molecular weight excluding hydrogens is 224 g/mol. The molecule has 0 bridgehead atoms. The third-order valence-electron chi connectivity index (χ3n) is 2.56. The molecule has 2 aromatic rings. The Bertz CT molecular complexity index is 568. The van der Waals surface area contributed by atoms with Gasteiger partial charge in [0.15, 0.2) is 5.78 Å². The summed E-state index contributed by atoms with van der Waals surface area (Å²) in [6.45, 7) is 1.89. The highest BCUT2D eigenvalue weighted by molar-refractivity contribution is 6.06. The van der Waals surface area contributed by atoms with Crippen LogP contribution in [0.3, 0.4) is 0 Å². The molecule has 3 heteroatoms. The molecule has 0 amide bonds. The topological polar surface area (TPSA) is 56.0 Å². The van der Waals surface area contributed by atoms with E-state index in [4.69, 9.17) is 5.73 Å². The van der Waals surface area contributed by atoms with Gasteiger partial charge in [0.1, 0.15) is 0 Å². The Labute approximate surface area is 106 Å². The van der Waals surface area contributed by atoms with Gasteiger partial charge < -0.3 is 5.73 Å². The van der Waals surface area contributed by atoms with Gasteiger partial charge in [-0.05, 0) is 42.8 Å². The summed E-state index contributed by atoms with van der Waals surface area (Å²) in [5.41, 5.74) is 8.73. The van der Waals surface area contributed by atoms with E-state index >= 15 is 0 Å². The zero-order chi connectivity index (χ0) is 13.0. The third kappa shape index (κ3) is 3.04. The van der Waals surface area contributed by atoms with Crippen LogP contribution in [0.2, 0.25) is 0 Å². The maximum atomic E-state index is 11.8. The molecule has 18 heavy (non-hydrogen) atoms. The Kier molecular flexibility index (Phi) is 3.53. The van der Waals surface area contributed by atoms with Crippen molar-refractivity contribution in [3.8, 4) is 0 Å². The predicted octanol–water partition coefficient (Wildman–Crippen LogP) is 2.87. The molecule has 1 aromatic carbocycles. The first-order valence-electron chi connectivity index (χ1n) is 5.66. The SMILES string of the molecule is Cc1ccc(C(=O)/C=C/c2ccc(N)cc2)cn1. The molecule has 0 radical (unpaired) electrons. The monoisotopic (exact) mass is 238 g/mol. The number of carbonyl (C=O) groups is 1. The lowest BCUT2D eigenvalue weighted by molar-refractivity contribution is 0.104. The van der Waals surface area contributed by atoms with Crippen molar-refractivity contribution in [2.45, 2.75) is 6.92 Å². The lowest BCUT2D eigenvalue weighted by Gasteiger charge is -1.97. The summed E-state index contributed by atoms with van der Waals surface area (Å²) in [5, 5.41) is 0. The van der Waals surface area contributed by atoms with Crippen LogP contribution in [-0.2, 0) is 0 Å². The molecule has 0 aliphatic heterocycles. The second-order valence-corrected chi connectivity index (χ2v) is 4.05. The Morgan fingerprint density at radius 3 is 2.50 bits per heavy atom. The maximum Gasteiger partial charge on any atom is 0.187 e. The molecular formula is C15H14N2O. The van der Waals surface area contributed by atoms with Gasteiger partial charge in [0.25, 0.3) is 0 Å². The fraction of sp³-hybridized carbons (Fsp3) is 0.0667. The molecule has 0 saturated carbocycles. The minimum Gasteiger partial charge on any atom is -0.399 e. The lowest BCUT2D eigenvalue weighted by Crippen LogP contribution is -1.95. The fourth-order valence-electron chi connectivity index (χ4n) is 1.49. The molecule has 3 nitrogen and oxygen atoms in total. The van der Waals surface area contributed by atoms with E-state index < -0.39 is 0 Å². The molecule has 0 aliphatic rings. The molecule has 0 saturated heterocycles. The van der Waals surface area contributed by atoms with Crippen molar-refractivity contribution >= 4 is 17.5 Å². The number of nitrogens with two attached hydrogens (primary N) is 1. The highest BCUT2D eigenvalue weighted by Gasteiger charge is 2.01. The number of pyridine rings is 1. The number of rotatable bonds is 3. The Balaban J connectivity index is 2.11. The van der Waals surface area contributed by atoms with Crippen LogP contribution < -0.4 is 5.73 Å². The highest BCUT2D eigenvalue weighted by Crippen LogP contribution is 2.08. The predicted molar refractivity (Wildman–Crippen MR) is 73.2 cm³/mol. The minimum atomic E-state index is -0.0562. The first-order valence-corrected chi connectivity index (χ1v) is 5.66. The number of carbonyl (C=O) groups excluding carboxylic acids is 1. The van der Waals surface area contributed by atoms with Gasteiger partial charge >= 0.3 is 0 Å². The van der Waals surface area contributed by atoms with Gasteiger partial charge in [-0.2, -0.15) is 0 Å². The number of nitrogens with zero attached hydrogens (tertiary/aromatic N) is 1. The van der Waals surface area contributed by atoms with Crippen LogP contribution in [-0.4, -0.2) is 10.8 Å². The largest absolute Gasteiger partial charge is 0.399 e. The van der Waals surface area contributed by atoms with Gasteiger partial charge in [-0.1, -0.05) is 18.2 Å². The van der Waals surface area contributed by atoms with Crippen molar-refractivity contribution in [1.82, 2.24) is 4.98 Å². The van der Waals surface area contributed by atoms with E-state index in [0.29, 0.717) is 11.3 Å². The second kappa shape index (κ2) is 5.27. The molecule has 0 aliphatic carbocycles. The molecule has 1 aromatic heterocycles. The second-order valence-electron chi connectivity index (χ2n) is 4.05. The smallest absolute Gasteiger partial charge is 0.187 e. The number of ketones is 1. The number of hydrogen-bond acceptors (Lipinski definition) is 3. The van der Waals surface area contributed by atoms with Gasteiger partial charge in [0.05, 0.1) is 0 Å². The van der Waals surface area contributed by atoms with Crippen molar-refractivity contribution in [3.05, 3.63) is 65.5 Å². The number of aromatic nitrogens is 1. The van der Waals surface area contributed by atoms with E-state index in [2.05, 4.69) is 4.98 Å². The summed E-state index contributed by atoms with van der Waals surface area (Å²) >= 11 is 0. The Morgan fingerprint density at radius 1 is 1.17 bits per heavy atom. The molecule has 0 atom stereocenters. The van der Waals surface area contributed by atoms with Gasteiger partial charge in [0, 0.05) is 23.1 Å². The first kappa shape index (κ1) is 12.0. The summed E-state index contributed by atoms with van der Waals surface area (Å²) in [6.07, 6.45) is 4.89. The van der Waals surface area contributed by atoms with Crippen molar-refractivity contribution in [2.75, 3.05) is 5.73 Å². The molecule has 2 N–H and O–H groups in total. The number of nitrogen functional groups attached to an aromatic ring is 1. The number of aryl methyl sites for hydroxylation is 1. The average Bonchev–Trinajstić information content (AvgIpc) is 2.38. The Morgan fingerprint density at radius 2 is 1.89 bits per heavy atom. The van der Waals surface area contributed by atoms with Crippen molar-refractivity contribution in [3.63, 3.8) is 0 Å². The van der Waals surface area contributed by atoms with E-state index in [-0.39, 0.29) is 5.78 Å². The molecule has 0 unspecified atom stereocenters. The van der Waals surface area contributed by atoms with E-state index in [1.165, 1.54) is 6.08 Å². The van der Waals surface area contributed by atoms with E-state index in [1.807, 2.05) is 25.1 Å². The zero-order valence-corrected chi connectivity index (χ0v) is 10.1. The van der Waals surface area contributed by atoms with Gasteiger partial charge in [-0.3, -0.25) is 9.78 Å². The summed E-state index contributed by atoms with van der Waals surface area (Å²) < 4.78 is 0. The number of anilines is 1. The van der Waals surface area contributed by atoms with E-state index in [1.54, 1.807) is 30.5 Å². The van der Waals surface area contributed by atoms with Gasteiger partial charge in [-0.15, -0.1) is 0 Å². The normalized spacial score (nSPS) is 10.7. The van der Waals surface area contributed by atoms with Crippen LogP contribution in [0.5, 0.6) is 0 Å². The van der Waals surface area contributed by atoms with Crippen LogP contribution >= 0.6 is 0 Å². The average molecular weight is 238 g/mol. The molecule has 0 spiro atoms. The standard InChI is InChI=1S/C15H14N2O/c1-11-2-6-13(10-17-11)15(18)9-5-12-3-7-14(16)8-4-12/h2-10H,16H2,1H3/b9-5+. The van der Waals surface area contributed by atoms with E-state index in [0.717, 1.165) is 11.3 Å². The minimum absolute atomic E-state index is 0.0562. The molecule has 1 heterocycles. The van der Waals surface area contributed by atoms with Crippen molar-refractivity contribution in [2.24, 2.45) is 0 Å². The quantitative estimate of drug-likeness (QED) is 0.508. The van der Waals surface area contributed by atoms with Gasteiger partial charge in [-0.25, -0.2) is 0 Å². The van der Waals surface area contributed by atoms with Crippen molar-refractivity contribution < 1.29 is 4.79 Å². The number of benzene rings is 1. The summed E-state index contributed by atoms with van der Waals surface area (Å²) in [7, 11) is 0.